The summed E-state index contributed by atoms with van der Waals surface area (Å²) in [6.45, 7) is 5.51. The zero-order chi connectivity index (χ0) is 19.0. The summed E-state index contributed by atoms with van der Waals surface area (Å²) in [6, 6.07) is 13.6. The van der Waals surface area contributed by atoms with Gasteiger partial charge in [0, 0.05) is 30.2 Å². The molecule has 0 saturated carbocycles. The van der Waals surface area contributed by atoms with Crippen molar-refractivity contribution in [1.82, 2.24) is 9.97 Å². The maximum absolute atomic E-state index is 12.4. The van der Waals surface area contributed by atoms with Crippen LogP contribution in [0.15, 0.2) is 57.9 Å². The molecule has 0 unspecified atom stereocenters. The summed E-state index contributed by atoms with van der Waals surface area (Å²) in [7, 11) is 0. The molecule has 0 bridgehead atoms. The van der Waals surface area contributed by atoms with Gasteiger partial charge in [0.15, 0.2) is 11.4 Å². The van der Waals surface area contributed by atoms with Gasteiger partial charge in [0.05, 0.1) is 16.6 Å². The minimum absolute atomic E-state index is 0.104. The van der Waals surface area contributed by atoms with Crippen molar-refractivity contribution in [2.75, 3.05) is 18.0 Å². The quantitative estimate of drug-likeness (QED) is 0.372. The minimum Gasteiger partial charge on any atom is -0.421 e. The summed E-state index contributed by atoms with van der Waals surface area (Å²) >= 11 is 6.30. The molecule has 0 aliphatic carbocycles. The molecule has 0 spiro atoms. The summed E-state index contributed by atoms with van der Waals surface area (Å²) in [4.78, 5) is 23.5. The lowest BCUT2D eigenvalue weighted by Gasteiger charge is -2.23. The van der Waals surface area contributed by atoms with Crippen molar-refractivity contribution in [3.8, 4) is 11.4 Å². The molecule has 0 saturated heterocycles. The van der Waals surface area contributed by atoms with Crippen LogP contribution in [-0.2, 0) is 0 Å². The van der Waals surface area contributed by atoms with E-state index >= 15 is 0 Å². The van der Waals surface area contributed by atoms with Gasteiger partial charge in [-0.2, -0.15) is 0 Å². The number of hydrogen-bond donors (Lipinski definition) is 0. The van der Waals surface area contributed by atoms with Crippen LogP contribution in [0, 0.1) is 0 Å². The highest BCUT2D eigenvalue weighted by Gasteiger charge is 2.19. The van der Waals surface area contributed by atoms with Crippen molar-refractivity contribution in [3.05, 3.63) is 64.1 Å². The third-order valence-electron chi connectivity index (χ3n) is 4.66. The van der Waals surface area contributed by atoms with E-state index in [1.165, 1.54) is 0 Å². The fourth-order valence-electron chi connectivity index (χ4n) is 3.30. The second-order valence-electron chi connectivity index (χ2n) is 6.16. The lowest BCUT2D eigenvalue weighted by Crippen LogP contribution is -2.24. The Morgan fingerprint density at radius 2 is 1.78 bits per heavy atom. The lowest BCUT2D eigenvalue weighted by molar-refractivity contribution is 0.563. The Morgan fingerprint density at radius 3 is 2.48 bits per heavy atom. The zero-order valence-corrected chi connectivity index (χ0v) is 15.8. The Labute approximate surface area is 161 Å². The SMILES string of the molecule is CCN(CC)c1c(Cl)c(=O)oc2c1ccc1nc(-c3ccccc3)ncc12. The van der Waals surface area contributed by atoms with Crippen molar-refractivity contribution in [2.24, 2.45) is 0 Å². The van der Waals surface area contributed by atoms with E-state index in [-0.39, 0.29) is 5.02 Å². The summed E-state index contributed by atoms with van der Waals surface area (Å²) < 4.78 is 5.54. The Morgan fingerprint density at radius 1 is 1.04 bits per heavy atom. The standard InChI is InChI=1S/C21H18ClN3O2/c1-3-25(4-2)18-14-10-11-16-15(19(14)27-21(26)17(18)22)12-23-20(24-16)13-8-6-5-7-9-13/h5-12H,3-4H2,1-2H3. The van der Waals surface area contributed by atoms with Crippen LogP contribution in [0.4, 0.5) is 5.69 Å². The van der Waals surface area contributed by atoms with Gasteiger partial charge in [0.1, 0.15) is 5.02 Å². The first-order chi connectivity index (χ1) is 13.1. The van der Waals surface area contributed by atoms with Crippen molar-refractivity contribution < 1.29 is 4.42 Å². The van der Waals surface area contributed by atoms with Crippen molar-refractivity contribution >= 4 is 39.2 Å². The number of rotatable bonds is 4. The Hall–Kier alpha value is -2.92. The van der Waals surface area contributed by atoms with Crippen LogP contribution in [0.2, 0.25) is 5.02 Å². The van der Waals surface area contributed by atoms with Gasteiger partial charge < -0.3 is 9.32 Å². The number of anilines is 1. The van der Waals surface area contributed by atoms with Crippen LogP contribution < -0.4 is 10.5 Å². The van der Waals surface area contributed by atoms with Crippen molar-refractivity contribution in [1.29, 1.82) is 0 Å². The van der Waals surface area contributed by atoms with E-state index < -0.39 is 5.63 Å². The molecule has 0 amide bonds. The highest BCUT2D eigenvalue weighted by molar-refractivity contribution is 6.34. The third kappa shape index (κ3) is 2.94. The molecule has 2 aromatic heterocycles. The van der Waals surface area contributed by atoms with Crippen molar-refractivity contribution in [3.63, 3.8) is 0 Å². The average molecular weight is 380 g/mol. The van der Waals surface area contributed by atoms with Crippen LogP contribution >= 0.6 is 11.6 Å². The zero-order valence-electron chi connectivity index (χ0n) is 15.1. The van der Waals surface area contributed by atoms with Crippen LogP contribution in [-0.4, -0.2) is 23.1 Å². The van der Waals surface area contributed by atoms with E-state index in [0.29, 0.717) is 28.0 Å². The fraction of sp³-hybridized carbons (Fsp3) is 0.190. The summed E-state index contributed by atoms with van der Waals surface area (Å²) in [6.07, 6.45) is 1.70. The van der Waals surface area contributed by atoms with Gasteiger partial charge in [-0.3, -0.25) is 0 Å². The third-order valence-corrected chi connectivity index (χ3v) is 5.00. The van der Waals surface area contributed by atoms with E-state index in [1.54, 1.807) is 6.20 Å². The molecule has 0 atom stereocenters. The van der Waals surface area contributed by atoms with Crippen LogP contribution in [0.5, 0.6) is 0 Å². The van der Waals surface area contributed by atoms with Crippen LogP contribution in [0.3, 0.4) is 0 Å². The number of nitrogens with zero attached hydrogens (tertiary/aromatic N) is 3. The molecule has 0 aliphatic heterocycles. The predicted molar refractivity (Wildman–Crippen MR) is 110 cm³/mol. The summed E-state index contributed by atoms with van der Waals surface area (Å²) in [5.41, 5.74) is 2.25. The van der Waals surface area contributed by atoms with Gasteiger partial charge in [-0.05, 0) is 26.0 Å². The minimum atomic E-state index is -0.550. The lowest BCUT2D eigenvalue weighted by atomic mass is 10.1. The van der Waals surface area contributed by atoms with E-state index in [1.807, 2.05) is 61.2 Å². The fourth-order valence-corrected chi connectivity index (χ4v) is 3.56. The normalized spacial score (nSPS) is 11.2. The molecule has 0 fully saturated rings. The Bertz CT molecular complexity index is 1180. The molecule has 27 heavy (non-hydrogen) atoms. The summed E-state index contributed by atoms with van der Waals surface area (Å²) in [5.74, 6) is 0.628. The van der Waals surface area contributed by atoms with E-state index in [9.17, 15) is 4.79 Å². The smallest absolute Gasteiger partial charge is 0.357 e. The van der Waals surface area contributed by atoms with E-state index in [4.69, 9.17) is 16.0 Å². The maximum Gasteiger partial charge on any atom is 0.357 e. The Kier molecular flexibility index (Phi) is 4.54. The highest BCUT2D eigenvalue weighted by atomic mass is 35.5. The molecule has 0 N–H and O–H groups in total. The van der Waals surface area contributed by atoms with Crippen LogP contribution in [0.1, 0.15) is 13.8 Å². The number of halogens is 1. The van der Waals surface area contributed by atoms with Gasteiger partial charge in [-0.15, -0.1) is 0 Å². The molecule has 136 valence electrons. The number of aromatic nitrogens is 2. The molecule has 4 rings (SSSR count). The number of fused-ring (bicyclic) bond motifs is 3. The molecule has 0 aliphatic rings. The molecular weight excluding hydrogens is 362 g/mol. The second-order valence-corrected chi connectivity index (χ2v) is 6.54. The summed E-state index contributed by atoms with van der Waals surface area (Å²) in [5, 5.41) is 1.58. The number of benzene rings is 2. The first-order valence-corrected chi connectivity index (χ1v) is 9.24. The van der Waals surface area contributed by atoms with Gasteiger partial charge in [-0.25, -0.2) is 14.8 Å². The topological polar surface area (TPSA) is 59.2 Å². The molecule has 0 radical (unpaired) electrons. The predicted octanol–water partition coefficient (Wildman–Crippen LogP) is 4.90. The van der Waals surface area contributed by atoms with Gasteiger partial charge in [0.2, 0.25) is 0 Å². The largest absolute Gasteiger partial charge is 0.421 e. The van der Waals surface area contributed by atoms with E-state index in [0.717, 1.165) is 24.0 Å². The second kappa shape index (κ2) is 7.00. The van der Waals surface area contributed by atoms with Gasteiger partial charge in [-0.1, -0.05) is 41.9 Å². The first kappa shape index (κ1) is 17.5. The Balaban J connectivity index is 2.01. The maximum atomic E-state index is 12.4. The molecule has 5 nitrogen and oxygen atoms in total. The van der Waals surface area contributed by atoms with Gasteiger partial charge in [0.25, 0.3) is 0 Å². The average Bonchev–Trinajstić information content (AvgIpc) is 2.71. The molecule has 2 heterocycles. The molecule has 6 heteroatoms. The molecular formula is C21H18ClN3O2. The molecule has 2 aromatic carbocycles. The van der Waals surface area contributed by atoms with Crippen molar-refractivity contribution in [2.45, 2.75) is 13.8 Å². The first-order valence-electron chi connectivity index (χ1n) is 8.86. The van der Waals surface area contributed by atoms with Gasteiger partial charge >= 0.3 is 5.63 Å². The van der Waals surface area contributed by atoms with Crippen LogP contribution in [0.25, 0.3) is 33.3 Å². The highest BCUT2D eigenvalue weighted by Crippen LogP contribution is 2.35. The van der Waals surface area contributed by atoms with E-state index in [2.05, 4.69) is 9.97 Å². The number of hydrogen-bond acceptors (Lipinski definition) is 5. The monoisotopic (exact) mass is 379 g/mol. The molecule has 4 aromatic rings.